The number of aryl methyl sites for hydroxylation is 2. The highest BCUT2D eigenvalue weighted by atomic mass is 16.5. The van der Waals surface area contributed by atoms with E-state index in [1.54, 1.807) is 43.2 Å². The summed E-state index contributed by atoms with van der Waals surface area (Å²) in [5.41, 5.74) is 3.53. The molecule has 2 aromatic carbocycles. The average molecular weight is 424 g/mol. The highest BCUT2D eigenvalue weighted by Crippen LogP contribution is 2.33. The van der Waals surface area contributed by atoms with E-state index >= 15 is 0 Å². The molecule has 1 fully saturated rings. The minimum absolute atomic E-state index is 0.0868. The minimum Gasteiger partial charge on any atom is -0.497 e. The summed E-state index contributed by atoms with van der Waals surface area (Å²) in [7, 11) is 1.55. The molecule has 0 aliphatic carbocycles. The smallest absolute Gasteiger partial charge is 0.312 e. The van der Waals surface area contributed by atoms with E-state index in [4.69, 9.17) is 9.47 Å². The first kappa shape index (κ1) is 22.5. The monoisotopic (exact) mass is 423 g/mol. The zero-order valence-electron chi connectivity index (χ0n) is 18.5. The summed E-state index contributed by atoms with van der Waals surface area (Å²) in [5.74, 6) is -0.844. The van der Waals surface area contributed by atoms with Crippen molar-refractivity contribution < 1.29 is 23.9 Å². The molecular weight excluding hydrogens is 394 g/mol. The normalized spacial score (nSPS) is 16.8. The second-order valence-electron chi connectivity index (χ2n) is 7.71. The number of hydrogen-bond acceptors (Lipinski definition) is 5. The Bertz CT molecular complexity index is 944. The van der Waals surface area contributed by atoms with Crippen LogP contribution in [-0.2, 0) is 27.2 Å². The lowest BCUT2D eigenvalue weighted by Crippen LogP contribution is -2.31. The lowest BCUT2D eigenvalue weighted by molar-refractivity contribution is -0.151. The number of ether oxygens (including phenoxy) is 2. The molecule has 1 amide bonds. The Morgan fingerprint density at radius 1 is 1.06 bits per heavy atom. The molecule has 2 aromatic rings. The van der Waals surface area contributed by atoms with Crippen LogP contribution in [0.3, 0.4) is 0 Å². The van der Waals surface area contributed by atoms with Crippen LogP contribution < -0.4 is 9.64 Å². The zero-order valence-corrected chi connectivity index (χ0v) is 18.5. The maximum atomic E-state index is 12.8. The predicted molar refractivity (Wildman–Crippen MR) is 119 cm³/mol. The predicted octanol–water partition coefficient (Wildman–Crippen LogP) is 3.99. The van der Waals surface area contributed by atoms with Crippen molar-refractivity contribution in [3.8, 4) is 5.75 Å². The molecule has 164 valence electrons. The van der Waals surface area contributed by atoms with E-state index in [1.165, 1.54) is 0 Å². The number of ketones is 1. The van der Waals surface area contributed by atoms with E-state index in [2.05, 4.69) is 13.8 Å². The Morgan fingerprint density at radius 3 is 2.23 bits per heavy atom. The van der Waals surface area contributed by atoms with Gasteiger partial charge in [0.15, 0.2) is 6.10 Å². The Balaban J connectivity index is 1.70. The number of esters is 1. The fraction of sp³-hybridized carbons (Fsp3) is 0.400. The number of anilines is 1. The SMILES string of the molecule is CCc1cccc(CC)c1N1C[C@@H](C(=O)O[C@H](C)C(=O)c2ccc(OC)cc2)CC1=O. The Hall–Kier alpha value is -3.15. The molecule has 2 atom stereocenters. The summed E-state index contributed by atoms with van der Waals surface area (Å²) in [6.45, 7) is 5.93. The van der Waals surface area contributed by atoms with Crippen molar-refractivity contribution >= 4 is 23.3 Å². The summed E-state index contributed by atoms with van der Waals surface area (Å²) in [5, 5.41) is 0. The molecular formula is C25H29NO5. The number of carbonyl (C=O) groups excluding carboxylic acids is 3. The average Bonchev–Trinajstić information content (AvgIpc) is 3.19. The van der Waals surface area contributed by atoms with E-state index in [0.29, 0.717) is 11.3 Å². The minimum atomic E-state index is -0.931. The lowest BCUT2D eigenvalue weighted by Gasteiger charge is -2.23. The number of rotatable bonds is 8. The van der Waals surface area contributed by atoms with Crippen molar-refractivity contribution in [1.29, 1.82) is 0 Å². The number of Topliss-reactive ketones (excluding diaryl/α,β-unsaturated/α-hetero) is 1. The fourth-order valence-electron chi connectivity index (χ4n) is 3.96. The van der Waals surface area contributed by atoms with Gasteiger partial charge in [-0.25, -0.2) is 0 Å². The van der Waals surface area contributed by atoms with Gasteiger partial charge in [0.2, 0.25) is 11.7 Å². The third kappa shape index (κ3) is 4.79. The maximum Gasteiger partial charge on any atom is 0.312 e. The number of hydrogen-bond donors (Lipinski definition) is 0. The van der Waals surface area contributed by atoms with Gasteiger partial charge in [-0.1, -0.05) is 32.0 Å². The Kier molecular flexibility index (Phi) is 7.10. The van der Waals surface area contributed by atoms with E-state index in [9.17, 15) is 14.4 Å². The first-order valence-corrected chi connectivity index (χ1v) is 10.7. The number of carbonyl (C=O) groups is 3. The molecule has 1 aliphatic heterocycles. The Morgan fingerprint density at radius 2 is 1.68 bits per heavy atom. The van der Waals surface area contributed by atoms with E-state index in [-0.39, 0.29) is 24.7 Å². The van der Waals surface area contributed by atoms with Crippen LogP contribution in [0.4, 0.5) is 5.69 Å². The van der Waals surface area contributed by atoms with Gasteiger partial charge in [0.05, 0.1) is 13.0 Å². The first-order chi connectivity index (χ1) is 14.9. The van der Waals surface area contributed by atoms with E-state index in [0.717, 1.165) is 29.7 Å². The number of nitrogens with zero attached hydrogens (tertiary/aromatic N) is 1. The third-order valence-electron chi connectivity index (χ3n) is 5.73. The summed E-state index contributed by atoms with van der Waals surface area (Å²) in [4.78, 5) is 39.8. The molecule has 0 radical (unpaired) electrons. The second-order valence-corrected chi connectivity index (χ2v) is 7.71. The molecule has 0 bridgehead atoms. The van der Waals surface area contributed by atoms with Gasteiger partial charge in [-0.2, -0.15) is 0 Å². The lowest BCUT2D eigenvalue weighted by atomic mass is 10.0. The standard InChI is InChI=1S/C25H29NO5/c1-5-17-8-7-9-18(6-2)23(17)26-15-20(14-22(26)27)25(29)31-16(3)24(28)19-10-12-21(30-4)13-11-19/h7-13,16,20H,5-6,14-15H2,1-4H3/t16-,20+/m1/s1. The second kappa shape index (κ2) is 9.77. The molecule has 1 saturated heterocycles. The van der Waals surface area contributed by atoms with Gasteiger partial charge < -0.3 is 14.4 Å². The zero-order chi connectivity index (χ0) is 22.5. The van der Waals surface area contributed by atoms with Crippen LogP contribution in [0.25, 0.3) is 0 Å². The Labute approximate surface area is 183 Å². The van der Waals surface area contributed by atoms with Crippen molar-refractivity contribution in [2.24, 2.45) is 5.92 Å². The van der Waals surface area contributed by atoms with Crippen LogP contribution in [0.5, 0.6) is 5.75 Å². The van der Waals surface area contributed by atoms with Gasteiger partial charge in [0.1, 0.15) is 5.75 Å². The maximum absolute atomic E-state index is 12.8. The molecule has 3 rings (SSSR count). The summed E-state index contributed by atoms with van der Waals surface area (Å²) in [6.07, 6.45) is 0.758. The van der Waals surface area contributed by atoms with Crippen molar-refractivity contribution in [2.45, 2.75) is 46.1 Å². The van der Waals surface area contributed by atoms with Gasteiger partial charge >= 0.3 is 5.97 Å². The fourth-order valence-corrected chi connectivity index (χ4v) is 3.96. The summed E-state index contributed by atoms with van der Waals surface area (Å²) in [6, 6.07) is 12.7. The number of amides is 1. The van der Waals surface area contributed by atoms with Gasteiger partial charge in [-0.05, 0) is 55.2 Å². The summed E-state index contributed by atoms with van der Waals surface area (Å²) < 4.78 is 10.6. The van der Waals surface area contributed by atoms with Crippen LogP contribution in [0.2, 0.25) is 0 Å². The van der Waals surface area contributed by atoms with Crippen molar-refractivity contribution in [3.05, 3.63) is 59.2 Å². The molecule has 0 unspecified atom stereocenters. The first-order valence-electron chi connectivity index (χ1n) is 10.7. The van der Waals surface area contributed by atoms with E-state index in [1.807, 2.05) is 18.2 Å². The molecule has 0 N–H and O–H groups in total. The quantitative estimate of drug-likeness (QED) is 0.474. The number of para-hydroxylation sites is 1. The van der Waals surface area contributed by atoms with Crippen LogP contribution >= 0.6 is 0 Å². The number of benzene rings is 2. The van der Waals surface area contributed by atoms with Crippen molar-refractivity contribution in [3.63, 3.8) is 0 Å². The highest BCUT2D eigenvalue weighted by Gasteiger charge is 2.38. The molecule has 1 heterocycles. The van der Waals surface area contributed by atoms with Gasteiger partial charge in [0.25, 0.3) is 0 Å². The highest BCUT2D eigenvalue weighted by molar-refractivity contribution is 6.02. The molecule has 1 aliphatic rings. The van der Waals surface area contributed by atoms with Crippen LogP contribution in [0, 0.1) is 5.92 Å². The topological polar surface area (TPSA) is 72.9 Å². The van der Waals surface area contributed by atoms with E-state index < -0.39 is 18.0 Å². The molecule has 0 saturated carbocycles. The molecule has 0 aromatic heterocycles. The van der Waals surface area contributed by atoms with Crippen molar-refractivity contribution in [2.75, 3.05) is 18.6 Å². The molecule has 6 heteroatoms. The molecule has 6 nitrogen and oxygen atoms in total. The van der Waals surface area contributed by atoms with Crippen LogP contribution in [0.15, 0.2) is 42.5 Å². The largest absolute Gasteiger partial charge is 0.497 e. The molecule has 31 heavy (non-hydrogen) atoms. The van der Waals surface area contributed by atoms with Crippen molar-refractivity contribution in [1.82, 2.24) is 0 Å². The van der Waals surface area contributed by atoms with Crippen LogP contribution in [0.1, 0.15) is 48.7 Å². The van der Waals surface area contributed by atoms with Gasteiger partial charge in [-0.3, -0.25) is 14.4 Å². The molecule has 0 spiro atoms. The van der Waals surface area contributed by atoms with Crippen LogP contribution in [-0.4, -0.2) is 37.4 Å². The summed E-state index contributed by atoms with van der Waals surface area (Å²) >= 11 is 0. The van der Waals surface area contributed by atoms with Gasteiger partial charge in [0, 0.05) is 24.2 Å². The third-order valence-corrected chi connectivity index (χ3v) is 5.73. The number of methoxy groups -OCH3 is 1. The van der Waals surface area contributed by atoms with Gasteiger partial charge in [-0.15, -0.1) is 0 Å².